The number of benzene rings is 2. The van der Waals surface area contributed by atoms with Crippen LogP contribution in [0.25, 0.3) is 12.2 Å². The van der Waals surface area contributed by atoms with Crippen molar-refractivity contribution in [1.29, 1.82) is 0 Å². The molecular weight excluding hydrogens is 364 g/mol. The molecule has 1 fully saturated rings. The molecule has 0 bridgehead atoms. The molecule has 5 nitrogen and oxygen atoms in total. The zero-order chi connectivity index (χ0) is 20.6. The van der Waals surface area contributed by atoms with Gasteiger partial charge in [-0.05, 0) is 60.7 Å². The standard InChI is InChI=1S/C24H26N2O3/c1-25-13-15-26(16-14-25)22-9-7-21(8-10-22)24(29)12-6-20-4-2-3-19(17-20)5-11-23(28)18-27/h2-12,17,27H,13-16,18H2,1H3/b11-5+,12-6+. The lowest BCUT2D eigenvalue weighted by Gasteiger charge is -2.34. The van der Waals surface area contributed by atoms with Gasteiger partial charge >= 0.3 is 0 Å². The smallest absolute Gasteiger partial charge is 0.185 e. The lowest BCUT2D eigenvalue weighted by Crippen LogP contribution is -2.44. The van der Waals surface area contributed by atoms with Gasteiger partial charge in [0.1, 0.15) is 6.61 Å². The summed E-state index contributed by atoms with van der Waals surface area (Å²) in [7, 11) is 2.13. The first kappa shape index (κ1) is 20.7. The molecular formula is C24H26N2O3. The normalized spacial score (nSPS) is 15.3. The van der Waals surface area contributed by atoms with Gasteiger partial charge in [0, 0.05) is 37.4 Å². The van der Waals surface area contributed by atoms with Gasteiger partial charge < -0.3 is 14.9 Å². The number of carbonyl (C=O) groups is 2. The summed E-state index contributed by atoms with van der Waals surface area (Å²) in [6, 6.07) is 15.3. The van der Waals surface area contributed by atoms with E-state index in [0.717, 1.165) is 43.0 Å². The molecule has 0 atom stereocenters. The molecule has 1 heterocycles. The van der Waals surface area contributed by atoms with E-state index in [1.165, 1.54) is 6.08 Å². The number of carbonyl (C=O) groups excluding carboxylic acids is 2. The van der Waals surface area contributed by atoms with E-state index < -0.39 is 6.61 Å². The van der Waals surface area contributed by atoms with Gasteiger partial charge in [-0.1, -0.05) is 30.4 Å². The molecule has 2 aromatic carbocycles. The van der Waals surface area contributed by atoms with Crippen molar-refractivity contribution in [2.45, 2.75) is 0 Å². The second-order valence-corrected chi connectivity index (χ2v) is 7.16. The summed E-state index contributed by atoms with van der Waals surface area (Å²) in [4.78, 5) is 28.3. The Morgan fingerprint density at radius 3 is 2.17 bits per heavy atom. The minimum absolute atomic E-state index is 0.0497. The Morgan fingerprint density at radius 2 is 1.55 bits per heavy atom. The molecule has 150 valence electrons. The van der Waals surface area contributed by atoms with Crippen LogP contribution in [0, 0.1) is 0 Å². The number of likely N-dealkylation sites (N-methyl/N-ethyl adjacent to an activating group) is 1. The lowest BCUT2D eigenvalue weighted by molar-refractivity contribution is -0.117. The molecule has 0 aromatic heterocycles. The molecule has 1 aliphatic rings. The van der Waals surface area contributed by atoms with Crippen LogP contribution in [0.2, 0.25) is 0 Å². The number of aliphatic hydroxyl groups excluding tert-OH is 1. The maximum atomic E-state index is 12.5. The second-order valence-electron chi connectivity index (χ2n) is 7.16. The Kier molecular flexibility index (Phi) is 7.11. The molecule has 0 saturated carbocycles. The maximum absolute atomic E-state index is 12.5. The number of piperazine rings is 1. The number of hydrogen-bond acceptors (Lipinski definition) is 5. The van der Waals surface area contributed by atoms with E-state index >= 15 is 0 Å². The first-order valence-electron chi connectivity index (χ1n) is 9.73. The molecule has 0 spiro atoms. The highest BCUT2D eigenvalue weighted by Gasteiger charge is 2.14. The third-order valence-electron chi connectivity index (χ3n) is 4.98. The molecule has 0 aliphatic carbocycles. The molecule has 0 amide bonds. The predicted octanol–water partition coefficient (Wildman–Crippen LogP) is 2.91. The average Bonchev–Trinajstić information content (AvgIpc) is 2.76. The zero-order valence-electron chi connectivity index (χ0n) is 16.6. The molecule has 0 radical (unpaired) electrons. The van der Waals surface area contributed by atoms with Crippen molar-refractivity contribution in [1.82, 2.24) is 4.90 Å². The van der Waals surface area contributed by atoms with Crippen molar-refractivity contribution >= 4 is 29.4 Å². The summed E-state index contributed by atoms with van der Waals surface area (Å²) in [5.74, 6) is -0.396. The lowest BCUT2D eigenvalue weighted by atomic mass is 10.1. The third kappa shape index (κ3) is 5.98. The van der Waals surface area contributed by atoms with E-state index in [1.807, 2.05) is 48.5 Å². The molecule has 2 aromatic rings. The largest absolute Gasteiger partial charge is 0.388 e. The van der Waals surface area contributed by atoms with Gasteiger partial charge in [0.15, 0.2) is 11.6 Å². The Bertz CT molecular complexity index is 908. The monoisotopic (exact) mass is 390 g/mol. The summed E-state index contributed by atoms with van der Waals surface area (Å²) >= 11 is 0. The second kappa shape index (κ2) is 9.96. The Morgan fingerprint density at radius 1 is 0.931 bits per heavy atom. The summed E-state index contributed by atoms with van der Waals surface area (Å²) in [6.45, 7) is 3.59. The topological polar surface area (TPSA) is 60.9 Å². The van der Waals surface area contributed by atoms with Crippen LogP contribution < -0.4 is 4.90 Å². The number of nitrogens with zero attached hydrogens (tertiary/aromatic N) is 2. The van der Waals surface area contributed by atoms with Crippen LogP contribution in [0.4, 0.5) is 5.69 Å². The van der Waals surface area contributed by atoms with E-state index in [9.17, 15) is 9.59 Å². The van der Waals surface area contributed by atoms with Crippen LogP contribution in [-0.4, -0.2) is 61.4 Å². The van der Waals surface area contributed by atoms with E-state index in [-0.39, 0.29) is 11.6 Å². The van der Waals surface area contributed by atoms with Gasteiger partial charge in [-0.25, -0.2) is 0 Å². The summed E-state index contributed by atoms with van der Waals surface area (Å²) in [5.41, 5.74) is 3.50. The highest BCUT2D eigenvalue weighted by molar-refractivity contribution is 6.07. The van der Waals surface area contributed by atoms with Crippen LogP contribution in [0.1, 0.15) is 21.5 Å². The Labute approximate surface area is 171 Å². The fraction of sp³-hybridized carbons (Fsp3) is 0.250. The van der Waals surface area contributed by atoms with Gasteiger partial charge in [0.2, 0.25) is 0 Å². The van der Waals surface area contributed by atoms with Gasteiger partial charge in [-0.2, -0.15) is 0 Å². The van der Waals surface area contributed by atoms with Crippen LogP contribution >= 0.6 is 0 Å². The van der Waals surface area contributed by atoms with E-state index in [0.29, 0.717) is 5.56 Å². The van der Waals surface area contributed by atoms with Crippen LogP contribution in [0.3, 0.4) is 0 Å². The van der Waals surface area contributed by atoms with E-state index in [2.05, 4.69) is 16.8 Å². The van der Waals surface area contributed by atoms with E-state index in [4.69, 9.17) is 5.11 Å². The summed E-state index contributed by atoms with van der Waals surface area (Å²) in [5, 5.41) is 8.77. The van der Waals surface area contributed by atoms with Crippen LogP contribution in [0.5, 0.6) is 0 Å². The number of aliphatic hydroxyl groups is 1. The van der Waals surface area contributed by atoms with Gasteiger partial charge in [-0.15, -0.1) is 0 Å². The molecule has 29 heavy (non-hydrogen) atoms. The van der Waals surface area contributed by atoms with Crippen molar-refractivity contribution in [2.75, 3.05) is 44.7 Å². The van der Waals surface area contributed by atoms with Gasteiger partial charge in [0.25, 0.3) is 0 Å². The van der Waals surface area contributed by atoms with Gasteiger partial charge in [-0.3, -0.25) is 9.59 Å². The molecule has 1 N–H and O–H groups in total. The number of anilines is 1. The highest BCUT2D eigenvalue weighted by atomic mass is 16.3. The molecule has 3 rings (SSSR count). The number of allylic oxidation sites excluding steroid dienone is 1. The van der Waals surface area contributed by atoms with Crippen molar-refractivity contribution in [3.8, 4) is 0 Å². The number of ketones is 2. The maximum Gasteiger partial charge on any atom is 0.185 e. The minimum atomic E-state index is -0.502. The predicted molar refractivity (Wildman–Crippen MR) is 117 cm³/mol. The van der Waals surface area contributed by atoms with Crippen molar-refractivity contribution in [3.05, 3.63) is 77.4 Å². The Balaban J connectivity index is 1.63. The highest BCUT2D eigenvalue weighted by Crippen LogP contribution is 2.18. The summed E-state index contributed by atoms with van der Waals surface area (Å²) in [6.07, 6.45) is 6.32. The molecule has 5 heteroatoms. The van der Waals surface area contributed by atoms with Crippen molar-refractivity contribution in [3.63, 3.8) is 0 Å². The quantitative estimate of drug-likeness (QED) is 0.582. The van der Waals surface area contributed by atoms with Crippen molar-refractivity contribution < 1.29 is 14.7 Å². The number of hydrogen-bond donors (Lipinski definition) is 1. The molecule has 1 aliphatic heterocycles. The number of rotatable bonds is 7. The van der Waals surface area contributed by atoms with E-state index in [1.54, 1.807) is 18.2 Å². The minimum Gasteiger partial charge on any atom is -0.388 e. The van der Waals surface area contributed by atoms with Crippen molar-refractivity contribution in [2.24, 2.45) is 0 Å². The SMILES string of the molecule is CN1CCN(c2ccc(C(=O)/C=C/c3cccc(/C=C/C(=O)CO)c3)cc2)CC1. The zero-order valence-corrected chi connectivity index (χ0v) is 16.6. The molecule has 1 saturated heterocycles. The van der Waals surface area contributed by atoms with Gasteiger partial charge in [0.05, 0.1) is 0 Å². The fourth-order valence-corrected chi connectivity index (χ4v) is 3.18. The van der Waals surface area contributed by atoms with Crippen LogP contribution in [-0.2, 0) is 4.79 Å². The Hall–Kier alpha value is -3.02. The summed E-state index contributed by atoms with van der Waals surface area (Å²) < 4.78 is 0. The fourth-order valence-electron chi connectivity index (χ4n) is 3.18. The average molecular weight is 390 g/mol. The first-order valence-corrected chi connectivity index (χ1v) is 9.73. The van der Waals surface area contributed by atoms with Crippen LogP contribution in [0.15, 0.2) is 60.7 Å². The third-order valence-corrected chi connectivity index (χ3v) is 4.98. The molecule has 0 unspecified atom stereocenters. The first-order chi connectivity index (χ1) is 14.0.